The zero-order valence-electron chi connectivity index (χ0n) is 11.4. The number of aromatic nitrogens is 1. The average Bonchev–Trinajstić information content (AvgIpc) is 3.01. The molecule has 5 nitrogen and oxygen atoms in total. The van der Waals surface area contributed by atoms with Gasteiger partial charge in [-0.2, -0.15) is 13.2 Å². The minimum atomic E-state index is -4.51. The van der Waals surface area contributed by atoms with Gasteiger partial charge in [-0.3, -0.25) is 4.57 Å². The van der Waals surface area contributed by atoms with Crippen molar-refractivity contribution < 1.29 is 32.9 Å². The zero-order chi connectivity index (χ0) is 16.1. The van der Waals surface area contributed by atoms with Gasteiger partial charge in [0.1, 0.15) is 24.4 Å². The number of nitrogens with zero attached hydrogens (tertiary/aromatic N) is 1. The number of epoxide rings is 1. The molecule has 0 spiro atoms. The van der Waals surface area contributed by atoms with Gasteiger partial charge in [-0.1, -0.05) is 6.07 Å². The molecule has 23 heavy (non-hydrogen) atoms. The van der Waals surface area contributed by atoms with E-state index < -0.39 is 23.9 Å². The Morgan fingerprint density at radius 3 is 2.13 bits per heavy atom. The molecule has 5 rings (SSSR count). The van der Waals surface area contributed by atoms with Gasteiger partial charge >= 0.3 is 6.18 Å². The second kappa shape index (κ2) is 3.82. The summed E-state index contributed by atoms with van der Waals surface area (Å²) in [7, 11) is 0. The van der Waals surface area contributed by atoms with Crippen LogP contribution in [0.25, 0.3) is 5.69 Å². The largest absolute Gasteiger partial charge is 0.494 e. The van der Waals surface area contributed by atoms with Crippen molar-refractivity contribution in [2.45, 2.75) is 30.6 Å². The van der Waals surface area contributed by atoms with Crippen molar-refractivity contribution in [2.24, 2.45) is 0 Å². The van der Waals surface area contributed by atoms with Crippen LogP contribution in [0.1, 0.15) is 28.9 Å². The van der Waals surface area contributed by atoms with Gasteiger partial charge in [-0.25, -0.2) is 0 Å². The normalized spacial score (nSPS) is 30.4. The van der Waals surface area contributed by atoms with Crippen molar-refractivity contribution in [1.29, 1.82) is 0 Å². The lowest BCUT2D eigenvalue weighted by molar-refractivity contribution is -0.137. The number of alkyl halides is 3. The molecule has 2 unspecified atom stereocenters. The number of aromatic hydroxyl groups is 2. The molecule has 3 aliphatic heterocycles. The molecule has 120 valence electrons. The van der Waals surface area contributed by atoms with Gasteiger partial charge in [-0.15, -0.1) is 0 Å². The van der Waals surface area contributed by atoms with E-state index >= 15 is 0 Å². The quantitative estimate of drug-likeness (QED) is 0.791. The molecule has 1 aromatic heterocycles. The summed E-state index contributed by atoms with van der Waals surface area (Å²) in [6.07, 6.45) is -5.74. The Morgan fingerprint density at radius 1 is 0.957 bits per heavy atom. The molecule has 2 saturated heterocycles. The first kappa shape index (κ1) is 13.3. The summed E-state index contributed by atoms with van der Waals surface area (Å²) in [5, 5.41) is 20.8. The summed E-state index contributed by atoms with van der Waals surface area (Å²) in [5.41, 5.74) is -0.00129. The first-order valence-corrected chi connectivity index (χ1v) is 7.03. The number of fused-ring (bicyclic) bond motifs is 8. The van der Waals surface area contributed by atoms with Crippen LogP contribution in [0.2, 0.25) is 0 Å². The maximum absolute atomic E-state index is 12.9. The van der Waals surface area contributed by atoms with Crippen molar-refractivity contribution in [3.05, 3.63) is 41.0 Å². The summed E-state index contributed by atoms with van der Waals surface area (Å²) in [5.74, 6) is -0.614. The summed E-state index contributed by atoms with van der Waals surface area (Å²) in [6, 6.07) is 4.44. The summed E-state index contributed by atoms with van der Waals surface area (Å²) in [4.78, 5) is 0. The molecule has 2 N–H and O–H groups in total. The van der Waals surface area contributed by atoms with Crippen molar-refractivity contribution in [3.8, 4) is 17.4 Å². The standard InChI is InChI=1S/C15H10F3NO4/c16-15(17,18)5-2-1-3-6(4-5)19-13(20)7-8(14(19)21)10-12-11(23-12)9(7)22-10/h1-4,9-12,20-21H/t9?,10?,11-,12+. The number of rotatable bonds is 1. The van der Waals surface area contributed by atoms with Crippen molar-refractivity contribution in [1.82, 2.24) is 4.57 Å². The van der Waals surface area contributed by atoms with E-state index in [0.29, 0.717) is 11.1 Å². The van der Waals surface area contributed by atoms with Crippen LogP contribution < -0.4 is 0 Å². The molecule has 4 atom stereocenters. The predicted octanol–water partition coefficient (Wildman–Crippen LogP) is 2.80. The highest BCUT2D eigenvalue weighted by molar-refractivity contribution is 5.59. The molecule has 0 saturated carbocycles. The van der Waals surface area contributed by atoms with Gasteiger partial charge in [0.05, 0.1) is 22.4 Å². The van der Waals surface area contributed by atoms with Crippen LogP contribution in [-0.2, 0) is 15.7 Å². The third-order valence-corrected chi connectivity index (χ3v) is 4.65. The fraction of sp³-hybridized carbons (Fsp3) is 0.333. The monoisotopic (exact) mass is 325 g/mol. The lowest BCUT2D eigenvalue weighted by Crippen LogP contribution is -2.06. The Hall–Kier alpha value is -2.19. The van der Waals surface area contributed by atoms with Gasteiger partial charge < -0.3 is 19.7 Å². The van der Waals surface area contributed by atoms with Crippen LogP contribution in [0, 0.1) is 0 Å². The molecule has 1 aromatic carbocycles. The van der Waals surface area contributed by atoms with E-state index in [4.69, 9.17) is 9.47 Å². The molecule has 2 bridgehead atoms. The summed E-state index contributed by atoms with van der Waals surface area (Å²) in [6.45, 7) is 0. The van der Waals surface area contributed by atoms with Crippen LogP contribution in [0.4, 0.5) is 13.2 Å². The van der Waals surface area contributed by atoms with Gasteiger partial charge in [0, 0.05) is 0 Å². The van der Waals surface area contributed by atoms with E-state index in [1.165, 1.54) is 12.1 Å². The Kier molecular flexibility index (Phi) is 2.21. The molecule has 3 aliphatic rings. The van der Waals surface area contributed by atoms with Crippen molar-refractivity contribution in [2.75, 3.05) is 0 Å². The van der Waals surface area contributed by atoms with Gasteiger partial charge in [0.25, 0.3) is 0 Å². The first-order chi connectivity index (χ1) is 10.9. The second-order valence-corrected chi connectivity index (χ2v) is 5.90. The average molecular weight is 325 g/mol. The summed E-state index contributed by atoms with van der Waals surface area (Å²) < 4.78 is 50.7. The van der Waals surface area contributed by atoms with E-state index in [1.54, 1.807) is 0 Å². The van der Waals surface area contributed by atoms with Gasteiger partial charge in [0.2, 0.25) is 11.8 Å². The maximum Gasteiger partial charge on any atom is 0.416 e. The van der Waals surface area contributed by atoms with E-state index in [9.17, 15) is 23.4 Å². The van der Waals surface area contributed by atoms with Gasteiger partial charge in [-0.05, 0) is 18.2 Å². The molecule has 0 amide bonds. The number of benzene rings is 1. The molecule has 0 radical (unpaired) electrons. The Labute approximate surface area is 127 Å². The number of halogens is 3. The van der Waals surface area contributed by atoms with Crippen LogP contribution in [-0.4, -0.2) is 27.0 Å². The molecule has 8 heteroatoms. The minimum Gasteiger partial charge on any atom is -0.494 e. The molecular weight excluding hydrogens is 315 g/mol. The fourth-order valence-electron chi connectivity index (χ4n) is 3.61. The molecule has 4 heterocycles. The number of hydrogen-bond donors (Lipinski definition) is 2. The Bertz CT molecular complexity index is 806. The zero-order valence-corrected chi connectivity index (χ0v) is 11.4. The van der Waals surface area contributed by atoms with Crippen molar-refractivity contribution >= 4 is 0 Å². The summed E-state index contributed by atoms with van der Waals surface area (Å²) >= 11 is 0. The number of hydrogen-bond acceptors (Lipinski definition) is 4. The van der Waals surface area contributed by atoms with E-state index in [0.717, 1.165) is 16.7 Å². The molecule has 0 aliphatic carbocycles. The first-order valence-electron chi connectivity index (χ1n) is 7.03. The maximum atomic E-state index is 12.9. The van der Waals surface area contributed by atoms with Gasteiger partial charge in [0.15, 0.2) is 0 Å². The topological polar surface area (TPSA) is 67.2 Å². The SMILES string of the molecule is Oc1c2c(c(O)n1-c1cccc(C(F)(F)F)c1)C1OC2[C@H]2O[C@@H]12. The van der Waals surface area contributed by atoms with Crippen LogP contribution in [0.5, 0.6) is 11.8 Å². The highest BCUT2D eigenvalue weighted by atomic mass is 19.4. The molecular formula is C15H10F3NO4. The predicted molar refractivity (Wildman–Crippen MR) is 69.3 cm³/mol. The highest BCUT2D eigenvalue weighted by Gasteiger charge is 2.66. The molecule has 2 aromatic rings. The minimum absolute atomic E-state index is 0.0400. The smallest absolute Gasteiger partial charge is 0.416 e. The third-order valence-electron chi connectivity index (χ3n) is 4.65. The van der Waals surface area contributed by atoms with E-state index in [-0.39, 0.29) is 29.7 Å². The van der Waals surface area contributed by atoms with Crippen LogP contribution in [0.15, 0.2) is 24.3 Å². The highest BCUT2D eigenvalue weighted by Crippen LogP contribution is 2.65. The lowest BCUT2D eigenvalue weighted by atomic mass is 9.95. The van der Waals surface area contributed by atoms with Crippen molar-refractivity contribution in [3.63, 3.8) is 0 Å². The van der Waals surface area contributed by atoms with Crippen LogP contribution in [0.3, 0.4) is 0 Å². The van der Waals surface area contributed by atoms with Crippen LogP contribution >= 0.6 is 0 Å². The number of ether oxygens (including phenoxy) is 2. The third kappa shape index (κ3) is 1.54. The second-order valence-electron chi connectivity index (χ2n) is 5.90. The van der Waals surface area contributed by atoms with E-state index in [2.05, 4.69) is 0 Å². The van der Waals surface area contributed by atoms with E-state index in [1.807, 2.05) is 0 Å². The lowest BCUT2D eigenvalue weighted by Gasteiger charge is -2.13. The molecule has 2 fully saturated rings. The fourth-order valence-corrected chi connectivity index (χ4v) is 3.61. The Morgan fingerprint density at radius 2 is 1.57 bits per heavy atom. The Balaban J connectivity index is 1.68.